The molecule has 1 aromatic rings. The molecule has 2 N–H and O–H groups in total. The topological polar surface area (TPSA) is 52.3 Å². The molecular formula is C15H22AsNO2. The molecule has 1 heterocycles. The summed E-state index contributed by atoms with van der Waals surface area (Å²) in [6.07, 6.45) is 2.34. The van der Waals surface area contributed by atoms with Crippen molar-refractivity contribution in [1.82, 2.24) is 0 Å². The molecule has 4 heteroatoms. The summed E-state index contributed by atoms with van der Waals surface area (Å²) in [5, 5.41) is 2.72. The van der Waals surface area contributed by atoms with Gasteiger partial charge in [0.15, 0.2) is 0 Å². The Morgan fingerprint density at radius 1 is 1.47 bits per heavy atom. The molecule has 0 spiro atoms. The average molecular weight is 323 g/mol. The van der Waals surface area contributed by atoms with Gasteiger partial charge in [-0.3, -0.25) is 0 Å². The van der Waals surface area contributed by atoms with Crippen LogP contribution in [0.25, 0.3) is 0 Å². The molecule has 1 amide bonds. The van der Waals surface area contributed by atoms with Gasteiger partial charge in [-0.05, 0) is 0 Å². The van der Waals surface area contributed by atoms with Crippen LogP contribution in [0.15, 0.2) is 18.2 Å². The second-order valence-corrected chi connectivity index (χ2v) is 11.3. The minimum atomic E-state index is -0.807. The first-order chi connectivity index (χ1) is 9.15. The van der Waals surface area contributed by atoms with E-state index >= 15 is 0 Å². The molecule has 1 aliphatic heterocycles. The van der Waals surface area contributed by atoms with Crippen LogP contribution < -0.4 is 10.5 Å². The Morgan fingerprint density at radius 3 is 2.89 bits per heavy atom. The third-order valence-corrected chi connectivity index (χ3v) is 10.4. The van der Waals surface area contributed by atoms with Crippen molar-refractivity contribution < 1.29 is 9.53 Å². The second-order valence-electron chi connectivity index (χ2n) is 4.98. The van der Waals surface area contributed by atoms with E-state index in [2.05, 4.69) is 13.8 Å². The average Bonchev–Trinajstić information content (AvgIpc) is 2.43. The molecule has 0 saturated carbocycles. The zero-order chi connectivity index (χ0) is 13.8. The minimum absolute atomic E-state index is 0.358. The quantitative estimate of drug-likeness (QED) is 0.847. The Labute approximate surface area is 119 Å². The molecule has 1 unspecified atom stereocenters. The van der Waals surface area contributed by atoms with Crippen LogP contribution in [0.4, 0.5) is 0 Å². The summed E-state index contributed by atoms with van der Waals surface area (Å²) < 4.78 is 6.59. The van der Waals surface area contributed by atoms with Gasteiger partial charge in [0.2, 0.25) is 0 Å². The monoisotopic (exact) mass is 323 g/mol. The molecule has 3 nitrogen and oxygen atoms in total. The molecule has 2 atom stereocenters. The third-order valence-electron chi connectivity index (χ3n) is 3.67. The fourth-order valence-electron chi connectivity index (χ4n) is 2.65. The Kier molecular flexibility index (Phi) is 4.92. The van der Waals surface area contributed by atoms with Crippen molar-refractivity contribution in [3.05, 3.63) is 29.3 Å². The molecule has 0 aromatic heterocycles. The van der Waals surface area contributed by atoms with Crippen LogP contribution in [0, 0.1) is 0 Å². The Bertz CT molecular complexity index is 461. The van der Waals surface area contributed by atoms with Gasteiger partial charge in [0.25, 0.3) is 0 Å². The van der Waals surface area contributed by atoms with Crippen molar-refractivity contribution >= 4 is 20.6 Å². The molecule has 0 saturated heterocycles. The molecule has 0 aliphatic carbocycles. The van der Waals surface area contributed by atoms with Crippen LogP contribution in [0.3, 0.4) is 0 Å². The van der Waals surface area contributed by atoms with Crippen molar-refractivity contribution in [3.63, 3.8) is 0 Å². The van der Waals surface area contributed by atoms with E-state index in [-0.39, 0.29) is 5.91 Å². The number of carbonyl (C=O) groups excluding carboxylic acids is 1. The van der Waals surface area contributed by atoms with Crippen LogP contribution in [0.1, 0.15) is 36.2 Å². The number of carbonyl (C=O) groups is 1. The number of nitrogens with two attached hydrogens (primary N) is 1. The van der Waals surface area contributed by atoms with Crippen molar-refractivity contribution in [3.8, 4) is 5.75 Å². The summed E-state index contributed by atoms with van der Waals surface area (Å²) >= 11 is -0.807. The van der Waals surface area contributed by atoms with Gasteiger partial charge in [-0.25, -0.2) is 0 Å². The number of primary amides is 1. The summed E-state index contributed by atoms with van der Waals surface area (Å²) in [4.78, 5) is 11.3. The molecule has 0 radical (unpaired) electrons. The summed E-state index contributed by atoms with van der Waals surface area (Å²) in [6.45, 7) is 5.43. The van der Waals surface area contributed by atoms with Crippen LogP contribution in [-0.4, -0.2) is 27.2 Å². The second kappa shape index (κ2) is 6.47. The number of amides is 1. The summed E-state index contributed by atoms with van der Waals surface area (Å²) in [7, 11) is 0. The molecular weight excluding hydrogens is 301 g/mol. The van der Waals surface area contributed by atoms with Gasteiger partial charge < -0.3 is 0 Å². The summed E-state index contributed by atoms with van der Waals surface area (Å²) in [5.74, 6) is 0.575. The normalized spacial score (nSPS) is 19.4. The van der Waals surface area contributed by atoms with E-state index in [4.69, 9.17) is 10.5 Å². The standard InChI is InChI=1S/C15H22AsNO2/c1-3-7-16(4-2)13-9-12-8-11(15(17)18)5-6-14(12)19-10-13/h5-6,8,13H,3-4,7,9-10H2,1-2H3,(H2,17,18)/t13-,16?/m0/s1. The predicted molar refractivity (Wildman–Crippen MR) is 79.2 cm³/mol. The molecule has 0 bridgehead atoms. The maximum absolute atomic E-state index is 11.3. The number of fused-ring (bicyclic) bond motifs is 1. The van der Waals surface area contributed by atoms with E-state index in [0.717, 1.165) is 24.3 Å². The van der Waals surface area contributed by atoms with E-state index in [1.54, 1.807) is 6.07 Å². The van der Waals surface area contributed by atoms with E-state index in [0.29, 0.717) is 10.3 Å². The first kappa shape index (κ1) is 14.5. The SMILES string of the molecule is CCC[As](CC)[C@@H]1COc2ccc(C(N)=O)cc2C1. The number of hydrogen-bond acceptors (Lipinski definition) is 2. The van der Waals surface area contributed by atoms with Gasteiger partial charge in [0, 0.05) is 0 Å². The maximum atomic E-state index is 11.3. The fourth-order valence-corrected chi connectivity index (χ4v) is 7.92. The van der Waals surface area contributed by atoms with Gasteiger partial charge in [0.05, 0.1) is 0 Å². The third kappa shape index (κ3) is 3.33. The first-order valence-electron chi connectivity index (χ1n) is 6.95. The van der Waals surface area contributed by atoms with Gasteiger partial charge in [0.1, 0.15) is 0 Å². The predicted octanol–water partition coefficient (Wildman–Crippen LogP) is 3.02. The molecule has 1 aliphatic rings. The summed E-state index contributed by atoms with van der Waals surface area (Å²) in [6, 6.07) is 5.55. The fraction of sp³-hybridized carbons (Fsp3) is 0.533. The zero-order valence-corrected chi connectivity index (χ0v) is 13.6. The van der Waals surface area contributed by atoms with Crippen LogP contribution >= 0.6 is 0 Å². The summed E-state index contributed by atoms with van der Waals surface area (Å²) in [5.41, 5.74) is 7.10. The van der Waals surface area contributed by atoms with Crippen molar-refractivity contribution in [2.45, 2.75) is 41.8 Å². The van der Waals surface area contributed by atoms with E-state index in [1.165, 1.54) is 16.8 Å². The number of hydrogen-bond donors (Lipinski definition) is 1. The Morgan fingerprint density at radius 2 is 2.26 bits per heavy atom. The van der Waals surface area contributed by atoms with Gasteiger partial charge in [-0.2, -0.15) is 0 Å². The van der Waals surface area contributed by atoms with Crippen molar-refractivity contribution in [1.29, 1.82) is 0 Å². The Balaban J connectivity index is 2.17. The zero-order valence-electron chi connectivity index (χ0n) is 11.7. The molecule has 104 valence electrons. The van der Waals surface area contributed by atoms with Gasteiger partial charge in [-0.15, -0.1) is 0 Å². The van der Waals surface area contributed by atoms with Crippen LogP contribution in [-0.2, 0) is 6.42 Å². The van der Waals surface area contributed by atoms with Crippen LogP contribution in [0.2, 0.25) is 15.1 Å². The van der Waals surface area contributed by atoms with Gasteiger partial charge >= 0.3 is 119 Å². The Hall–Kier alpha value is -0.952. The molecule has 19 heavy (non-hydrogen) atoms. The van der Waals surface area contributed by atoms with E-state index < -0.39 is 14.7 Å². The van der Waals surface area contributed by atoms with E-state index in [9.17, 15) is 4.79 Å². The van der Waals surface area contributed by atoms with Crippen molar-refractivity contribution in [2.75, 3.05) is 6.61 Å². The van der Waals surface area contributed by atoms with Crippen molar-refractivity contribution in [2.24, 2.45) is 5.73 Å². The molecule has 1 aromatic carbocycles. The van der Waals surface area contributed by atoms with Gasteiger partial charge in [-0.1, -0.05) is 0 Å². The number of rotatable bonds is 5. The molecule has 2 rings (SSSR count). The first-order valence-corrected chi connectivity index (χ1v) is 10.7. The molecule has 0 fully saturated rings. The van der Waals surface area contributed by atoms with Crippen LogP contribution in [0.5, 0.6) is 5.75 Å². The number of ether oxygens (including phenoxy) is 1. The number of benzene rings is 1. The van der Waals surface area contributed by atoms with E-state index in [1.807, 2.05) is 12.1 Å².